The summed E-state index contributed by atoms with van der Waals surface area (Å²) in [7, 11) is 0. The molecule has 0 aliphatic carbocycles. The van der Waals surface area contributed by atoms with Crippen LogP contribution >= 0.6 is 23.1 Å². The fraction of sp³-hybridized carbons (Fsp3) is 0.235. The van der Waals surface area contributed by atoms with Crippen LogP contribution in [0.15, 0.2) is 46.7 Å². The maximum absolute atomic E-state index is 12.0. The van der Waals surface area contributed by atoms with E-state index in [1.54, 1.807) is 23.2 Å². The average molecular weight is 360 g/mol. The highest BCUT2D eigenvalue weighted by atomic mass is 32.2. The summed E-state index contributed by atoms with van der Waals surface area (Å²) >= 11 is 2.81. The van der Waals surface area contributed by atoms with Crippen molar-refractivity contribution in [1.82, 2.24) is 0 Å². The summed E-state index contributed by atoms with van der Waals surface area (Å²) in [6.45, 7) is 1.51. The molecule has 1 atom stereocenters. The summed E-state index contributed by atoms with van der Waals surface area (Å²) in [5.41, 5.74) is 0.395. The predicted octanol–water partition coefficient (Wildman–Crippen LogP) is 3.67. The van der Waals surface area contributed by atoms with Crippen LogP contribution in [0.5, 0.6) is 0 Å². The van der Waals surface area contributed by atoms with Gasteiger partial charge in [0.05, 0.1) is 12.0 Å². The molecule has 0 radical (unpaired) electrons. The van der Waals surface area contributed by atoms with E-state index in [-0.39, 0.29) is 6.42 Å². The number of carbonyl (C=O) groups excluding carboxylic acids is 2. The summed E-state index contributed by atoms with van der Waals surface area (Å²) in [5, 5.41) is 13.7. The molecule has 2 aromatic rings. The molecule has 1 aromatic carbocycles. The van der Waals surface area contributed by atoms with Gasteiger partial charge in [0.2, 0.25) is 0 Å². The third-order valence-electron chi connectivity index (χ3n) is 3.02. The van der Waals surface area contributed by atoms with Crippen LogP contribution in [0.2, 0.25) is 0 Å². The molecule has 1 heterocycles. The number of esters is 1. The molecule has 0 saturated heterocycles. The zero-order valence-corrected chi connectivity index (χ0v) is 14.7. The third-order valence-corrected chi connectivity index (χ3v) is 4.86. The Bertz CT molecular complexity index is 738. The molecule has 0 saturated carbocycles. The largest absolute Gasteiger partial charge is 0.453 e. The monoisotopic (exact) mass is 360 g/mol. The number of amides is 1. The number of nitrogens with one attached hydrogen (secondary N) is 1. The van der Waals surface area contributed by atoms with Crippen LogP contribution in [-0.4, -0.2) is 23.7 Å². The first-order chi connectivity index (χ1) is 11.6. The molecule has 2 rings (SSSR count). The van der Waals surface area contributed by atoms with Crippen LogP contribution in [0.4, 0.5) is 5.00 Å². The van der Waals surface area contributed by atoms with Crippen molar-refractivity contribution >= 4 is 40.0 Å². The minimum absolute atomic E-state index is 0.222. The number of rotatable bonds is 7. The number of nitriles is 1. The number of ether oxygens (including phenoxy) is 1. The number of nitrogens with zero attached hydrogens (tertiary/aromatic N) is 1. The van der Waals surface area contributed by atoms with E-state index in [0.29, 0.717) is 16.3 Å². The van der Waals surface area contributed by atoms with Gasteiger partial charge >= 0.3 is 5.97 Å². The summed E-state index contributed by atoms with van der Waals surface area (Å²) in [6, 6.07) is 13.4. The van der Waals surface area contributed by atoms with Crippen LogP contribution in [0.1, 0.15) is 18.9 Å². The molecular weight excluding hydrogens is 344 g/mol. The first-order valence-corrected chi connectivity index (χ1v) is 9.12. The van der Waals surface area contributed by atoms with Crippen LogP contribution < -0.4 is 5.32 Å². The minimum atomic E-state index is -0.909. The summed E-state index contributed by atoms with van der Waals surface area (Å²) in [4.78, 5) is 24.9. The third kappa shape index (κ3) is 5.41. The molecule has 0 fully saturated rings. The van der Waals surface area contributed by atoms with Gasteiger partial charge in [0.1, 0.15) is 11.1 Å². The first kappa shape index (κ1) is 18.0. The van der Waals surface area contributed by atoms with Crippen LogP contribution in [0, 0.1) is 11.3 Å². The number of hydrogen-bond acceptors (Lipinski definition) is 6. The Labute approximate surface area is 148 Å². The Morgan fingerprint density at radius 2 is 2.08 bits per heavy atom. The molecule has 1 N–H and O–H groups in total. The van der Waals surface area contributed by atoms with Crippen LogP contribution in [0.25, 0.3) is 0 Å². The van der Waals surface area contributed by atoms with Crippen molar-refractivity contribution in [1.29, 1.82) is 5.26 Å². The quantitative estimate of drug-likeness (QED) is 0.602. The van der Waals surface area contributed by atoms with E-state index in [1.165, 1.54) is 18.3 Å². The van der Waals surface area contributed by atoms with E-state index in [1.807, 2.05) is 36.4 Å². The van der Waals surface area contributed by atoms with E-state index < -0.39 is 18.0 Å². The summed E-state index contributed by atoms with van der Waals surface area (Å²) in [5.74, 6) is -0.286. The lowest BCUT2D eigenvalue weighted by atomic mass is 10.3. The number of carbonyl (C=O) groups is 2. The summed E-state index contributed by atoms with van der Waals surface area (Å²) < 4.78 is 5.13. The highest BCUT2D eigenvalue weighted by Crippen LogP contribution is 2.22. The van der Waals surface area contributed by atoms with Crippen molar-refractivity contribution in [3.63, 3.8) is 0 Å². The standard InChI is InChI=1S/C17H16N2O3S2/c1-12(16(21)19-17-13(11-18)7-9-24-17)22-15(20)8-10-23-14-5-3-2-4-6-14/h2-7,9,12H,8,10H2,1H3,(H,19,21). The molecular formula is C17H16N2O3S2. The molecule has 24 heavy (non-hydrogen) atoms. The van der Waals surface area contributed by atoms with Gasteiger partial charge in [-0.05, 0) is 30.5 Å². The number of benzene rings is 1. The number of thioether (sulfide) groups is 1. The van der Waals surface area contributed by atoms with Gasteiger partial charge in [-0.3, -0.25) is 9.59 Å². The Morgan fingerprint density at radius 3 is 2.79 bits per heavy atom. The Morgan fingerprint density at radius 1 is 1.33 bits per heavy atom. The molecule has 0 bridgehead atoms. The smallest absolute Gasteiger partial charge is 0.307 e. The van der Waals surface area contributed by atoms with Gasteiger partial charge in [0.25, 0.3) is 5.91 Å². The molecule has 1 amide bonds. The zero-order chi connectivity index (χ0) is 17.4. The molecule has 124 valence electrons. The lowest BCUT2D eigenvalue weighted by molar-refractivity contribution is -0.152. The van der Waals surface area contributed by atoms with Gasteiger partial charge in [-0.2, -0.15) is 5.26 Å². The SMILES string of the molecule is CC(OC(=O)CCSc1ccccc1)C(=O)Nc1sccc1C#N. The van der Waals surface area contributed by atoms with Crippen molar-refractivity contribution in [2.75, 3.05) is 11.1 Å². The molecule has 0 aliphatic heterocycles. The van der Waals surface area contributed by atoms with Crippen molar-refractivity contribution < 1.29 is 14.3 Å². The van der Waals surface area contributed by atoms with Crippen LogP contribution in [-0.2, 0) is 14.3 Å². The van der Waals surface area contributed by atoms with Crippen molar-refractivity contribution in [3.8, 4) is 6.07 Å². The summed E-state index contributed by atoms with van der Waals surface area (Å²) in [6.07, 6.45) is -0.688. The highest BCUT2D eigenvalue weighted by Gasteiger charge is 2.19. The van der Waals surface area contributed by atoms with Crippen LogP contribution in [0.3, 0.4) is 0 Å². The Kier molecular flexibility index (Phi) is 6.85. The average Bonchev–Trinajstić information content (AvgIpc) is 3.02. The van der Waals surface area contributed by atoms with E-state index >= 15 is 0 Å². The Hall–Kier alpha value is -2.30. The van der Waals surface area contributed by atoms with Crippen molar-refractivity contribution in [3.05, 3.63) is 47.3 Å². The molecule has 5 nitrogen and oxygen atoms in total. The van der Waals surface area contributed by atoms with E-state index in [2.05, 4.69) is 5.32 Å². The maximum atomic E-state index is 12.0. The maximum Gasteiger partial charge on any atom is 0.307 e. The molecule has 0 aliphatic rings. The zero-order valence-electron chi connectivity index (χ0n) is 13.0. The minimum Gasteiger partial charge on any atom is -0.453 e. The van der Waals surface area contributed by atoms with Gasteiger partial charge in [-0.25, -0.2) is 0 Å². The normalized spacial score (nSPS) is 11.3. The predicted molar refractivity (Wildman–Crippen MR) is 95.0 cm³/mol. The highest BCUT2D eigenvalue weighted by molar-refractivity contribution is 7.99. The Balaban J connectivity index is 1.74. The number of anilines is 1. The number of thiophene rings is 1. The van der Waals surface area contributed by atoms with E-state index in [9.17, 15) is 9.59 Å². The second kappa shape index (κ2) is 9.11. The van der Waals surface area contributed by atoms with Crippen molar-refractivity contribution in [2.45, 2.75) is 24.3 Å². The fourth-order valence-corrected chi connectivity index (χ4v) is 3.38. The molecule has 7 heteroatoms. The fourth-order valence-electron chi connectivity index (χ4n) is 1.79. The van der Waals surface area contributed by atoms with E-state index in [4.69, 9.17) is 10.00 Å². The second-order valence-corrected chi connectivity index (χ2v) is 6.89. The van der Waals surface area contributed by atoms with Gasteiger partial charge in [-0.15, -0.1) is 23.1 Å². The second-order valence-electron chi connectivity index (χ2n) is 4.81. The van der Waals surface area contributed by atoms with E-state index in [0.717, 1.165) is 4.90 Å². The topological polar surface area (TPSA) is 79.2 Å². The molecule has 0 spiro atoms. The van der Waals surface area contributed by atoms with Gasteiger partial charge in [0, 0.05) is 10.6 Å². The van der Waals surface area contributed by atoms with Gasteiger partial charge in [0.15, 0.2) is 6.10 Å². The van der Waals surface area contributed by atoms with Gasteiger partial charge in [-0.1, -0.05) is 18.2 Å². The first-order valence-electron chi connectivity index (χ1n) is 7.26. The number of hydrogen-bond donors (Lipinski definition) is 1. The molecule has 1 unspecified atom stereocenters. The lowest BCUT2D eigenvalue weighted by Crippen LogP contribution is -2.30. The van der Waals surface area contributed by atoms with Crippen molar-refractivity contribution in [2.24, 2.45) is 0 Å². The molecule has 1 aromatic heterocycles. The van der Waals surface area contributed by atoms with Gasteiger partial charge < -0.3 is 10.1 Å². The lowest BCUT2D eigenvalue weighted by Gasteiger charge is -2.13.